The lowest BCUT2D eigenvalue weighted by atomic mass is 10.1. The minimum absolute atomic E-state index is 0.00807. The van der Waals surface area contributed by atoms with E-state index in [9.17, 15) is 4.79 Å². The van der Waals surface area contributed by atoms with Crippen LogP contribution in [0.5, 0.6) is 0 Å². The molecule has 6 heteroatoms. The van der Waals surface area contributed by atoms with E-state index in [-0.39, 0.29) is 5.91 Å². The third-order valence-electron chi connectivity index (χ3n) is 3.67. The van der Waals surface area contributed by atoms with Gasteiger partial charge in [-0.25, -0.2) is 0 Å². The Bertz CT molecular complexity index is 665. The van der Waals surface area contributed by atoms with E-state index in [1.54, 1.807) is 19.3 Å². The van der Waals surface area contributed by atoms with Gasteiger partial charge < -0.3 is 14.6 Å². The summed E-state index contributed by atoms with van der Waals surface area (Å²) in [5, 5.41) is 11.5. The van der Waals surface area contributed by atoms with Gasteiger partial charge in [-0.3, -0.25) is 4.79 Å². The van der Waals surface area contributed by atoms with Crippen LogP contribution in [0.2, 0.25) is 0 Å². The highest BCUT2D eigenvalue weighted by molar-refractivity contribution is 5.95. The second kappa shape index (κ2) is 5.55. The van der Waals surface area contributed by atoms with Crippen LogP contribution in [0, 0.1) is 6.92 Å². The van der Waals surface area contributed by atoms with Gasteiger partial charge in [0.05, 0.1) is 17.5 Å². The Morgan fingerprint density at radius 3 is 3.05 bits per heavy atom. The first-order valence-corrected chi connectivity index (χ1v) is 7.11. The number of amides is 1. The number of aryl methyl sites for hydroxylation is 1. The summed E-state index contributed by atoms with van der Waals surface area (Å²) >= 11 is 0. The Balaban J connectivity index is 1.81. The molecular formula is C15H18N4O2. The Labute approximate surface area is 123 Å². The van der Waals surface area contributed by atoms with Crippen molar-refractivity contribution in [1.29, 1.82) is 0 Å². The molecule has 1 N–H and O–H groups in total. The first kappa shape index (κ1) is 13.6. The second-order valence-electron chi connectivity index (χ2n) is 5.10. The molecule has 0 atom stereocenters. The van der Waals surface area contributed by atoms with E-state index >= 15 is 0 Å². The molecule has 6 nitrogen and oxygen atoms in total. The number of rotatable bonds is 3. The largest absolute Gasteiger partial charge is 0.469 e. The standard InChI is InChI=1S/C15H18N4O2/c1-3-16-14-8-11-9-19(6-4-13(11)17-18-14)15(20)12-5-7-21-10(12)2/h5,7-8H,3-4,6,9H2,1-2H3,(H,16,18). The molecule has 0 spiro atoms. The monoisotopic (exact) mass is 286 g/mol. The molecule has 2 aromatic rings. The summed E-state index contributed by atoms with van der Waals surface area (Å²) in [6, 6.07) is 3.70. The number of carbonyl (C=O) groups excluding carboxylic acids is 1. The molecule has 3 heterocycles. The normalized spacial score (nSPS) is 13.9. The summed E-state index contributed by atoms with van der Waals surface area (Å²) in [4.78, 5) is 14.3. The molecule has 1 amide bonds. The summed E-state index contributed by atoms with van der Waals surface area (Å²) in [5.74, 6) is 1.42. The van der Waals surface area contributed by atoms with Crippen LogP contribution >= 0.6 is 0 Å². The predicted octanol–water partition coefficient (Wildman–Crippen LogP) is 2.01. The molecule has 2 aromatic heterocycles. The molecule has 0 aliphatic carbocycles. The lowest BCUT2D eigenvalue weighted by Crippen LogP contribution is -2.36. The van der Waals surface area contributed by atoms with Crippen molar-refractivity contribution in [3.05, 3.63) is 41.0 Å². The number of hydrogen-bond acceptors (Lipinski definition) is 5. The second-order valence-corrected chi connectivity index (χ2v) is 5.10. The third kappa shape index (κ3) is 2.61. The third-order valence-corrected chi connectivity index (χ3v) is 3.67. The molecule has 110 valence electrons. The summed E-state index contributed by atoms with van der Waals surface area (Å²) in [6.07, 6.45) is 2.28. The van der Waals surface area contributed by atoms with Crippen molar-refractivity contribution in [2.75, 3.05) is 18.4 Å². The maximum atomic E-state index is 12.5. The smallest absolute Gasteiger partial charge is 0.257 e. The number of carbonyl (C=O) groups is 1. The quantitative estimate of drug-likeness (QED) is 0.934. The molecule has 0 radical (unpaired) electrons. The Kier molecular flexibility index (Phi) is 3.60. The average molecular weight is 286 g/mol. The van der Waals surface area contributed by atoms with E-state index in [2.05, 4.69) is 15.5 Å². The molecule has 3 rings (SSSR count). The van der Waals surface area contributed by atoms with E-state index in [1.807, 2.05) is 17.9 Å². The summed E-state index contributed by atoms with van der Waals surface area (Å²) < 4.78 is 5.22. The van der Waals surface area contributed by atoms with Crippen LogP contribution in [-0.2, 0) is 13.0 Å². The van der Waals surface area contributed by atoms with Crippen LogP contribution < -0.4 is 5.32 Å². The molecule has 0 saturated heterocycles. The molecular weight excluding hydrogens is 268 g/mol. The van der Waals surface area contributed by atoms with Crippen LogP contribution in [0.15, 0.2) is 22.8 Å². The van der Waals surface area contributed by atoms with Gasteiger partial charge in [0.25, 0.3) is 5.91 Å². The van der Waals surface area contributed by atoms with Crippen molar-refractivity contribution < 1.29 is 9.21 Å². The van der Waals surface area contributed by atoms with E-state index in [4.69, 9.17) is 4.42 Å². The molecule has 21 heavy (non-hydrogen) atoms. The lowest BCUT2D eigenvalue weighted by molar-refractivity contribution is 0.0731. The van der Waals surface area contributed by atoms with Gasteiger partial charge in [-0.2, -0.15) is 5.10 Å². The van der Waals surface area contributed by atoms with E-state index in [1.165, 1.54) is 0 Å². The average Bonchev–Trinajstić information content (AvgIpc) is 2.92. The van der Waals surface area contributed by atoms with Crippen molar-refractivity contribution in [3.8, 4) is 0 Å². The molecule has 1 aliphatic rings. The number of furan rings is 1. The van der Waals surface area contributed by atoms with Crippen molar-refractivity contribution >= 4 is 11.7 Å². The zero-order valence-corrected chi connectivity index (χ0v) is 12.2. The topological polar surface area (TPSA) is 71.3 Å². The first-order chi connectivity index (χ1) is 10.2. The first-order valence-electron chi connectivity index (χ1n) is 7.11. The fourth-order valence-corrected chi connectivity index (χ4v) is 2.55. The number of anilines is 1. The summed E-state index contributed by atoms with van der Waals surface area (Å²) in [5.41, 5.74) is 2.67. The zero-order valence-electron chi connectivity index (χ0n) is 12.2. The number of fused-ring (bicyclic) bond motifs is 1. The molecule has 0 bridgehead atoms. The van der Waals surface area contributed by atoms with Gasteiger partial charge in [-0.1, -0.05) is 0 Å². The van der Waals surface area contributed by atoms with Crippen LogP contribution in [-0.4, -0.2) is 34.1 Å². The highest BCUT2D eigenvalue weighted by Gasteiger charge is 2.25. The van der Waals surface area contributed by atoms with E-state index in [0.717, 1.165) is 30.0 Å². The lowest BCUT2D eigenvalue weighted by Gasteiger charge is -2.28. The van der Waals surface area contributed by atoms with Gasteiger partial charge >= 0.3 is 0 Å². The number of nitrogens with one attached hydrogen (secondary N) is 1. The zero-order chi connectivity index (χ0) is 14.8. The van der Waals surface area contributed by atoms with Crippen molar-refractivity contribution in [2.24, 2.45) is 0 Å². The highest BCUT2D eigenvalue weighted by atomic mass is 16.3. The number of nitrogens with zero attached hydrogens (tertiary/aromatic N) is 3. The van der Waals surface area contributed by atoms with Crippen LogP contribution in [0.3, 0.4) is 0 Å². The minimum Gasteiger partial charge on any atom is -0.469 e. The SMILES string of the molecule is CCNc1cc2c(nn1)CCN(C(=O)c1ccoc1C)C2. The van der Waals surface area contributed by atoms with Gasteiger partial charge in [-0.15, -0.1) is 5.10 Å². The van der Waals surface area contributed by atoms with Gasteiger partial charge in [0.15, 0.2) is 0 Å². The van der Waals surface area contributed by atoms with Crippen LogP contribution in [0.25, 0.3) is 0 Å². The number of hydrogen-bond donors (Lipinski definition) is 1. The van der Waals surface area contributed by atoms with Crippen LogP contribution in [0.4, 0.5) is 5.82 Å². The Hall–Kier alpha value is -2.37. The Morgan fingerprint density at radius 2 is 2.33 bits per heavy atom. The van der Waals surface area contributed by atoms with Crippen molar-refractivity contribution in [1.82, 2.24) is 15.1 Å². The van der Waals surface area contributed by atoms with E-state index in [0.29, 0.717) is 24.4 Å². The van der Waals surface area contributed by atoms with Gasteiger partial charge in [0.2, 0.25) is 0 Å². The summed E-state index contributed by atoms with van der Waals surface area (Å²) in [7, 11) is 0. The highest BCUT2D eigenvalue weighted by Crippen LogP contribution is 2.21. The van der Waals surface area contributed by atoms with E-state index < -0.39 is 0 Å². The molecule has 0 fully saturated rings. The van der Waals surface area contributed by atoms with Gasteiger partial charge in [-0.05, 0) is 31.5 Å². The fourth-order valence-electron chi connectivity index (χ4n) is 2.55. The molecule has 0 unspecified atom stereocenters. The number of aromatic nitrogens is 2. The predicted molar refractivity (Wildman–Crippen MR) is 78.1 cm³/mol. The molecule has 0 saturated carbocycles. The minimum atomic E-state index is 0.00807. The van der Waals surface area contributed by atoms with Gasteiger partial charge in [0.1, 0.15) is 11.6 Å². The van der Waals surface area contributed by atoms with Crippen LogP contribution in [0.1, 0.15) is 34.3 Å². The molecule has 0 aromatic carbocycles. The fraction of sp³-hybridized carbons (Fsp3) is 0.400. The maximum Gasteiger partial charge on any atom is 0.257 e. The van der Waals surface area contributed by atoms with Gasteiger partial charge in [0, 0.05) is 26.1 Å². The molecule has 1 aliphatic heterocycles. The summed E-state index contributed by atoms with van der Waals surface area (Å²) in [6.45, 7) is 5.83. The van der Waals surface area contributed by atoms with Crippen molar-refractivity contribution in [2.45, 2.75) is 26.8 Å². The van der Waals surface area contributed by atoms with Crippen molar-refractivity contribution in [3.63, 3.8) is 0 Å². The maximum absolute atomic E-state index is 12.5. The Morgan fingerprint density at radius 1 is 1.48 bits per heavy atom.